The number of aromatic amines is 1. The number of fused-ring (bicyclic) bond motifs is 1. The smallest absolute Gasteiger partial charge is 0.264 e. The first-order valence-electron chi connectivity index (χ1n) is 7.43. The number of carbonyl (C=O) groups excluding carboxylic acids is 2. The third-order valence-electron chi connectivity index (χ3n) is 4.13. The first-order valence-corrected chi connectivity index (χ1v) is 8.25. The number of carbonyl (C=O) groups is 2. The van der Waals surface area contributed by atoms with E-state index in [2.05, 4.69) is 9.97 Å². The maximum absolute atomic E-state index is 12.8. The molecule has 0 saturated carbocycles. The van der Waals surface area contributed by atoms with Gasteiger partial charge in [-0.15, -0.1) is 11.3 Å². The highest BCUT2D eigenvalue weighted by molar-refractivity contribution is 7.20. The average Bonchev–Trinajstić information content (AvgIpc) is 2.83. The van der Waals surface area contributed by atoms with Gasteiger partial charge < -0.3 is 14.8 Å². The molecule has 0 bridgehead atoms. The molecule has 2 amide bonds. The summed E-state index contributed by atoms with van der Waals surface area (Å²) in [5.41, 5.74) is 0.472. The van der Waals surface area contributed by atoms with Crippen LogP contribution >= 0.6 is 11.3 Å². The molecule has 8 heteroatoms. The highest BCUT2D eigenvalue weighted by Gasteiger charge is 2.27. The summed E-state index contributed by atoms with van der Waals surface area (Å²) >= 11 is 1.26. The molecule has 122 valence electrons. The lowest BCUT2D eigenvalue weighted by atomic mass is 10.2. The van der Waals surface area contributed by atoms with Crippen LogP contribution in [-0.2, 0) is 4.79 Å². The molecule has 3 heterocycles. The minimum absolute atomic E-state index is 0.0290. The molecule has 0 radical (unpaired) electrons. The van der Waals surface area contributed by atoms with Crippen molar-refractivity contribution >= 4 is 33.4 Å². The number of piperazine rings is 1. The predicted octanol–water partition coefficient (Wildman–Crippen LogP) is 0.906. The van der Waals surface area contributed by atoms with Gasteiger partial charge in [0.1, 0.15) is 10.7 Å². The largest absolute Gasteiger partial charge is 0.339 e. The zero-order chi connectivity index (χ0) is 16.7. The minimum atomic E-state index is -0.207. The fourth-order valence-electron chi connectivity index (χ4n) is 2.82. The number of nitrogens with one attached hydrogen (secondary N) is 1. The Morgan fingerprint density at radius 1 is 1.13 bits per heavy atom. The van der Waals surface area contributed by atoms with E-state index in [4.69, 9.17) is 0 Å². The summed E-state index contributed by atoms with van der Waals surface area (Å²) in [5.74, 6) is 0.477. The number of hydrogen-bond acceptors (Lipinski definition) is 5. The van der Waals surface area contributed by atoms with Gasteiger partial charge in [0.25, 0.3) is 11.5 Å². The molecule has 2 aromatic heterocycles. The van der Waals surface area contributed by atoms with Crippen LogP contribution in [0.15, 0.2) is 4.79 Å². The van der Waals surface area contributed by atoms with Crippen molar-refractivity contribution in [3.05, 3.63) is 26.6 Å². The average molecular weight is 334 g/mol. The Morgan fingerprint density at radius 2 is 1.74 bits per heavy atom. The number of thiophene rings is 1. The number of aryl methyl sites for hydroxylation is 2. The van der Waals surface area contributed by atoms with Gasteiger partial charge in [0.15, 0.2) is 0 Å². The van der Waals surface area contributed by atoms with Crippen LogP contribution in [0.4, 0.5) is 0 Å². The quantitative estimate of drug-likeness (QED) is 0.840. The Hall–Kier alpha value is -2.22. The van der Waals surface area contributed by atoms with Gasteiger partial charge in [-0.25, -0.2) is 4.98 Å². The van der Waals surface area contributed by atoms with Crippen molar-refractivity contribution in [3.8, 4) is 0 Å². The zero-order valence-electron chi connectivity index (χ0n) is 13.3. The Morgan fingerprint density at radius 3 is 2.35 bits per heavy atom. The van der Waals surface area contributed by atoms with E-state index in [0.29, 0.717) is 52.7 Å². The molecule has 0 atom stereocenters. The monoisotopic (exact) mass is 334 g/mol. The fraction of sp³-hybridized carbons (Fsp3) is 0.467. The predicted molar refractivity (Wildman–Crippen MR) is 87.9 cm³/mol. The van der Waals surface area contributed by atoms with Gasteiger partial charge in [0, 0.05) is 33.1 Å². The Bertz CT molecular complexity index is 846. The van der Waals surface area contributed by atoms with E-state index in [-0.39, 0.29) is 17.4 Å². The summed E-state index contributed by atoms with van der Waals surface area (Å²) in [6.07, 6.45) is 0. The van der Waals surface area contributed by atoms with Crippen molar-refractivity contribution in [2.75, 3.05) is 26.2 Å². The number of rotatable bonds is 1. The molecule has 0 unspecified atom stereocenters. The van der Waals surface area contributed by atoms with Crippen LogP contribution in [0.5, 0.6) is 0 Å². The van der Waals surface area contributed by atoms with Crippen LogP contribution in [0, 0.1) is 13.8 Å². The summed E-state index contributed by atoms with van der Waals surface area (Å²) in [5, 5.41) is 0.492. The summed E-state index contributed by atoms with van der Waals surface area (Å²) < 4.78 is 0. The van der Waals surface area contributed by atoms with Gasteiger partial charge in [0.2, 0.25) is 5.91 Å². The zero-order valence-corrected chi connectivity index (χ0v) is 14.1. The molecule has 0 aliphatic carbocycles. The summed E-state index contributed by atoms with van der Waals surface area (Å²) in [7, 11) is 0. The van der Waals surface area contributed by atoms with Gasteiger partial charge in [-0.1, -0.05) is 0 Å². The molecule has 1 saturated heterocycles. The van der Waals surface area contributed by atoms with Crippen LogP contribution in [0.25, 0.3) is 10.2 Å². The topological polar surface area (TPSA) is 86.4 Å². The van der Waals surface area contributed by atoms with Crippen molar-refractivity contribution in [3.63, 3.8) is 0 Å². The number of amides is 2. The van der Waals surface area contributed by atoms with Gasteiger partial charge in [0.05, 0.1) is 10.3 Å². The summed E-state index contributed by atoms with van der Waals surface area (Å²) in [6, 6.07) is 0. The lowest BCUT2D eigenvalue weighted by Gasteiger charge is -2.34. The molecule has 1 aliphatic heterocycles. The van der Waals surface area contributed by atoms with Crippen molar-refractivity contribution in [1.29, 1.82) is 0 Å². The molecule has 0 spiro atoms. The molecule has 23 heavy (non-hydrogen) atoms. The second-order valence-electron chi connectivity index (χ2n) is 5.69. The van der Waals surface area contributed by atoms with Crippen LogP contribution in [0.3, 0.4) is 0 Å². The SMILES string of the molecule is CC(=O)N1CCN(C(=O)c2sc3nc(C)[nH]c(=O)c3c2C)CC1. The van der Waals surface area contributed by atoms with Crippen molar-refractivity contribution in [2.24, 2.45) is 0 Å². The van der Waals surface area contributed by atoms with Crippen LogP contribution in [-0.4, -0.2) is 57.8 Å². The lowest BCUT2D eigenvalue weighted by Crippen LogP contribution is -2.50. The molecular weight excluding hydrogens is 316 g/mol. The molecule has 3 rings (SSSR count). The first kappa shape index (κ1) is 15.7. The highest BCUT2D eigenvalue weighted by atomic mass is 32.1. The number of nitrogens with zero attached hydrogens (tertiary/aromatic N) is 3. The van der Waals surface area contributed by atoms with Gasteiger partial charge in [-0.2, -0.15) is 0 Å². The van der Waals surface area contributed by atoms with E-state index < -0.39 is 0 Å². The second kappa shape index (κ2) is 5.77. The van der Waals surface area contributed by atoms with E-state index >= 15 is 0 Å². The Labute approximate surface area is 136 Å². The summed E-state index contributed by atoms with van der Waals surface area (Å²) in [4.78, 5) is 47.8. The van der Waals surface area contributed by atoms with Crippen molar-refractivity contribution in [2.45, 2.75) is 20.8 Å². The van der Waals surface area contributed by atoms with E-state index in [1.54, 1.807) is 23.6 Å². The third-order valence-corrected chi connectivity index (χ3v) is 5.30. The molecule has 1 fully saturated rings. The minimum Gasteiger partial charge on any atom is -0.339 e. The highest BCUT2D eigenvalue weighted by Crippen LogP contribution is 2.28. The number of aromatic nitrogens is 2. The molecule has 1 N–H and O–H groups in total. The summed E-state index contributed by atoms with van der Waals surface area (Å²) in [6.45, 7) is 7.14. The molecule has 7 nitrogen and oxygen atoms in total. The van der Waals surface area contributed by atoms with E-state index in [1.807, 2.05) is 0 Å². The molecular formula is C15H18N4O3S. The molecule has 2 aromatic rings. The number of hydrogen-bond donors (Lipinski definition) is 1. The fourth-order valence-corrected chi connectivity index (χ4v) is 4.02. The van der Waals surface area contributed by atoms with Crippen LogP contribution in [0.2, 0.25) is 0 Å². The third kappa shape index (κ3) is 2.74. The normalized spacial score (nSPS) is 15.3. The van der Waals surface area contributed by atoms with E-state index in [0.717, 1.165) is 0 Å². The van der Waals surface area contributed by atoms with Crippen molar-refractivity contribution < 1.29 is 9.59 Å². The maximum Gasteiger partial charge on any atom is 0.264 e. The maximum atomic E-state index is 12.8. The van der Waals surface area contributed by atoms with Gasteiger partial charge in [-0.05, 0) is 19.4 Å². The van der Waals surface area contributed by atoms with E-state index in [9.17, 15) is 14.4 Å². The Balaban J connectivity index is 1.90. The van der Waals surface area contributed by atoms with Gasteiger partial charge >= 0.3 is 0 Å². The molecule has 1 aliphatic rings. The van der Waals surface area contributed by atoms with Gasteiger partial charge in [-0.3, -0.25) is 14.4 Å². The van der Waals surface area contributed by atoms with E-state index in [1.165, 1.54) is 18.3 Å². The standard InChI is InChI=1S/C15H18N4O3S/c1-8-11-13(21)16-9(2)17-14(11)23-12(8)15(22)19-6-4-18(5-7-19)10(3)20/h4-7H2,1-3H3,(H,16,17,21). The van der Waals surface area contributed by atoms with Crippen LogP contribution < -0.4 is 5.56 Å². The second-order valence-corrected chi connectivity index (χ2v) is 6.69. The number of H-pyrrole nitrogens is 1. The first-order chi connectivity index (χ1) is 10.9. The lowest BCUT2D eigenvalue weighted by molar-refractivity contribution is -0.130. The van der Waals surface area contributed by atoms with Crippen molar-refractivity contribution in [1.82, 2.24) is 19.8 Å². The van der Waals surface area contributed by atoms with Crippen LogP contribution in [0.1, 0.15) is 28.0 Å². The Kier molecular flexibility index (Phi) is 3.93. The molecule has 0 aromatic carbocycles.